The summed E-state index contributed by atoms with van der Waals surface area (Å²) >= 11 is 0. The van der Waals surface area contributed by atoms with E-state index in [9.17, 15) is 0 Å². The molecule has 0 spiro atoms. The van der Waals surface area contributed by atoms with Gasteiger partial charge in [0.1, 0.15) is 0 Å². The van der Waals surface area contributed by atoms with Crippen molar-refractivity contribution < 1.29 is 18.9 Å². The fourth-order valence-electron chi connectivity index (χ4n) is 5.32. The van der Waals surface area contributed by atoms with Crippen LogP contribution in [-0.4, -0.2) is 46.9 Å². The van der Waals surface area contributed by atoms with Crippen LogP contribution in [0.3, 0.4) is 0 Å². The predicted molar refractivity (Wildman–Crippen MR) is 104 cm³/mol. The quantitative estimate of drug-likeness (QED) is 0.808. The molecular formula is C22H29NO4. The SMILES string of the molecule is COC1=CC2c3c(OC)c(OC)cc4c3C([C@@H](C)C2C=C1OC)N(C)CC4. The summed E-state index contributed by atoms with van der Waals surface area (Å²) in [6, 6.07) is 2.53. The number of hydrogen-bond donors (Lipinski definition) is 0. The van der Waals surface area contributed by atoms with Gasteiger partial charge in [-0.3, -0.25) is 4.90 Å². The third-order valence-electron chi connectivity index (χ3n) is 6.55. The van der Waals surface area contributed by atoms with E-state index < -0.39 is 0 Å². The Morgan fingerprint density at radius 3 is 2.26 bits per heavy atom. The van der Waals surface area contributed by atoms with Crippen molar-refractivity contribution >= 4 is 0 Å². The molecule has 0 radical (unpaired) electrons. The predicted octanol–water partition coefficient (Wildman–Crippen LogP) is 3.66. The maximum Gasteiger partial charge on any atom is 0.164 e. The van der Waals surface area contributed by atoms with Crippen LogP contribution in [0.4, 0.5) is 0 Å². The Balaban J connectivity index is 2.01. The summed E-state index contributed by atoms with van der Waals surface area (Å²) in [4.78, 5) is 2.48. The van der Waals surface area contributed by atoms with Crippen molar-refractivity contribution in [1.29, 1.82) is 0 Å². The maximum absolute atomic E-state index is 5.88. The van der Waals surface area contributed by atoms with Crippen LogP contribution in [0.15, 0.2) is 29.7 Å². The highest BCUT2D eigenvalue weighted by Gasteiger charge is 2.47. The third-order valence-corrected chi connectivity index (χ3v) is 6.55. The van der Waals surface area contributed by atoms with E-state index >= 15 is 0 Å². The number of hydrogen-bond acceptors (Lipinski definition) is 5. The minimum atomic E-state index is 0.176. The van der Waals surface area contributed by atoms with Gasteiger partial charge < -0.3 is 18.9 Å². The first kappa shape index (κ1) is 18.2. The monoisotopic (exact) mass is 371 g/mol. The van der Waals surface area contributed by atoms with E-state index in [-0.39, 0.29) is 5.92 Å². The average Bonchev–Trinajstić information content (AvgIpc) is 2.70. The Kier molecular flexibility index (Phi) is 4.58. The Bertz CT molecular complexity index is 813. The molecule has 0 bridgehead atoms. The first-order chi connectivity index (χ1) is 13.0. The van der Waals surface area contributed by atoms with Crippen LogP contribution in [-0.2, 0) is 15.9 Å². The van der Waals surface area contributed by atoms with E-state index in [4.69, 9.17) is 18.9 Å². The Labute approximate surface area is 161 Å². The second-order valence-corrected chi connectivity index (χ2v) is 7.71. The minimum Gasteiger partial charge on any atom is -0.493 e. The molecule has 0 fully saturated rings. The summed E-state index contributed by atoms with van der Waals surface area (Å²) in [5.74, 6) is 4.20. The van der Waals surface area contributed by atoms with Crippen LogP contribution in [0.2, 0.25) is 0 Å². The van der Waals surface area contributed by atoms with E-state index in [0.29, 0.717) is 17.9 Å². The van der Waals surface area contributed by atoms with Gasteiger partial charge in [0.05, 0.1) is 28.4 Å². The smallest absolute Gasteiger partial charge is 0.164 e. The van der Waals surface area contributed by atoms with Crippen LogP contribution in [0.25, 0.3) is 0 Å². The number of ether oxygens (including phenoxy) is 4. The summed E-state index contributed by atoms with van der Waals surface area (Å²) in [5.41, 5.74) is 4.04. The molecule has 5 nitrogen and oxygen atoms in total. The highest BCUT2D eigenvalue weighted by molar-refractivity contribution is 5.61. The number of likely N-dealkylation sites (N-methyl/N-ethyl adjacent to an activating group) is 1. The van der Waals surface area contributed by atoms with Crippen LogP contribution < -0.4 is 9.47 Å². The van der Waals surface area contributed by atoms with Gasteiger partial charge in [0.2, 0.25) is 0 Å². The second kappa shape index (κ2) is 6.79. The zero-order valence-corrected chi connectivity index (χ0v) is 17.0. The van der Waals surface area contributed by atoms with Gasteiger partial charge in [0.15, 0.2) is 23.0 Å². The summed E-state index contributed by atoms with van der Waals surface area (Å²) in [6.45, 7) is 3.40. The first-order valence-electron chi connectivity index (χ1n) is 9.55. The molecule has 4 atom stereocenters. The lowest BCUT2D eigenvalue weighted by molar-refractivity contribution is 0.118. The highest BCUT2D eigenvalue weighted by atomic mass is 16.5. The van der Waals surface area contributed by atoms with Crippen LogP contribution >= 0.6 is 0 Å². The fraction of sp³-hybridized carbons (Fsp3) is 0.545. The Morgan fingerprint density at radius 2 is 1.63 bits per heavy atom. The molecule has 0 N–H and O–H groups in total. The molecular weight excluding hydrogens is 342 g/mol. The van der Waals surface area contributed by atoms with Crippen molar-refractivity contribution in [3.63, 3.8) is 0 Å². The molecule has 0 aromatic heterocycles. The van der Waals surface area contributed by atoms with Gasteiger partial charge in [-0.15, -0.1) is 0 Å². The number of nitrogens with zero attached hydrogens (tertiary/aromatic N) is 1. The Hall–Kier alpha value is -2.14. The molecule has 0 saturated heterocycles. The molecule has 3 aliphatic rings. The molecule has 3 unspecified atom stereocenters. The fourth-order valence-corrected chi connectivity index (χ4v) is 5.32. The van der Waals surface area contributed by atoms with E-state index in [1.165, 1.54) is 16.7 Å². The molecule has 5 heteroatoms. The largest absolute Gasteiger partial charge is 0.493 e. The van der Waals surface area contributed by atoms with Crippen LogP contribution in [0.1, 0.15) is 35.6 Å². The number of fused-ring (bicyclic) bond motifs is 2. The van der Waals surface area contributed by atoms with Gasteiger partial charge in [-0.1, -0.05) is 6.92 Å². The molecule has 1 aliphatic heterocycles. The summed E-state index contributed by atoms with van der Waals surface area (Å²) in [7, 11) is 9.07. The van der Waals surface area contributed by atoms with E-state index in [1.807, 2.05) is 0 Å². The van der Waals surface area contributed by atoms with Crippen molar-refractivity contribution in [2.24, 2.45) is 11.8 Å². The molecule has 146 valence electrons. The minimum absolute atomic E-state index is 0.176. The lowest BCUT2D eigenvalue weighted by Crippen LogP contribution is -2.44. The lowest BCUT2D eigenvalue weighted by Gasteiger charge is -2.49. The van der Waals surface area contributed by atoms with Crippen molar-refractivity contribution in [2.75, 3.05) is 42.0 Å². The van der Waals surface area contributed by atoms with Crippen molar-refractivity contribution in [2.45, 2.75) is 25.3 Å². The van der Waals surface area contributed by atoms with Crippen LogP contribution in [0.5, 0.6) is 11.5 Å². The van der Waals surface area contributed by atoms with Gasteiger partial charge in [-0.25, -0.2) is 0 Å². The van der Waals surface area contributed by atoms with Crippen molar-refractivity contribution in [3.05, 3.63) is 46.4 Å². The molecule has 0 amide bonds. The van der Waals surface area contributed by atoms with E-state index in [1.54, 1.807) is 28.4 Å². The molecule has 4 rings (SSSR count). The molecule has 2 aliphatic carbocycles. The van der Waals surface area contributed by atoms with Crippen molar-refractivity contribution in [3.8, 4) is 11.5 Å². The van der Waals surface area contributed by atoms with Gasteiger partial charge in [0.25, 0.3) is 0 Å². The van der Waals surface area contributed by atoms with E-state index in [2.05, 4.69) is 37.1 Å². The van der Waals surface area contributed by atoms with E-state index in [0.717, 1.165) is 36.0 Å². The summed E-state index contributed by atoms with van der Waals surface area (Å²) in [5, 5.41) is 0. The van der Waals surface area contributed by atoms with Gasteiger partial charge in [-0.05, 0) is 54.6 Å². The zero-order chi connectivity index (χ0) is 19.3. The van der Waals surface area contributed by atoms with Crippen LogP contribution in [0, 0.1) is 11.8 Å². The second-order valence-electron chi connectivity index (χ2n) is 7.71. The number of benzene rings is 1. The topological polar surface area (TPSA) is 40.2 Å². The standard InChI is InChI=1S/C22H29NO4/c1-12-14-10-16(24-3)17(25-4)11-15(14)20-19-13(7-8-23(2)21(12)19)9-18(26-5)22(20)27-6/h9-12,14-15,21H,7-8H2,1-6H3/t12-,14?,15?,21?/m0/s1. The summed E-state index contributed by atoms with van der Waals surface area (Å²) < 4.78 is 22.8. The molecule has 27 heavy (non-hydrogen) atoms. The van der Waals surface area contributed by atoms with Gasteiger partial charge in [-0.2, -0.15) is 0 Å². The van der Waals surface area contributed by atoms with Gasteiger partial charge in [0, 0.05) is 24.1 Å². The lowest BCUT2D eigenvalue weighted by atomic mass is 9.62. The van der Waals surface area contributed by atoms with Gasteiger partial charge >= 0.3 is 0 Å². The average molecular weight is 371 g/mol. The zero-order valence-electron chi connectivity index (χ0n) is 17.0. The molecule has 0 saturated carbocycles. The summed E-state index contributed by atoms with van der Waals surface area (Å²) in [6.07, 6.45) is 5.46. The highest BCUT2D eigenvalue weighted by Crippen LogP contribution is 2.57. The first-order valence-corrected chi connectivity index (χ1v) is 9.55. The maximum atomic E-state index is 5.88. The molecule has 1 aromatic rings. The molecule has 1 heterocycles. The Morgan fingerprint density at radius 1 is 0.926 bits per heavy atom. The normalized spacial score (nSPS) is 29.1. The number of rotatable bonds is 4. The van der Waals surface area contributed by atoms with Crippen molar-refractivity contribution in [1.82, 2.24) is 4.90 Å². The molecule has 1 aromatic carbocycles. The third kappa shape index (κ3) is 2.55. The number of allylic oxidation sites excluding steroid dienone is 2. The number of methoxy groups -OCH3 is 4.